The zero-order valence-electron chi connectivity index (χ0n) is 11.5. The first-order valence-electron chi connectivity index (χ1n) is 6.41. The number of rotatable bonds is 2. The van der Waals surface area contributed by atoms with Crippen LogP contribution in [0.5, 0.6) is 0 Å². The second kappa shape index (κ2) is 5.05. The van der Waals surface area contributed by atoms with Crippen LogP contribution in [0.4, 0.5) is 17.1 Å². The molecule has 1 aromatic rings. The van der Waals surface area contributed by atoms with E-state index in [0.29, 0.717) is 23.5 Å². The van der Waals surface area contributed by atoms with E-state index in [2.05, 4.69) is 30.7 Å². The average Bonchev–Trinajstić information content (AvgIpc) is 2.35. The highest BCUT2D eigenvalue weighted by molar-refractivity contribution is 5.68. The summed E-state index contributed by atoms with van der Waals surface area (Å²) in [4.78, 5) is 15.2. The number of nitrogens with zero attached hydrogens (tertiary/aromatic N) is 3. The summed E-state index contributed by atoms with van der Waals surface area (Å²) in [6, 6.07) is 5.62. The maximum atomic E-state index is 11.2. The van der Waals surface area contributed by atoms with Crippen LogP contribution in [0.25, 0.3) is 0 Å². The first-order chi connectivity index (χ1) is 8.90. The van der Waals surface area contributed by atoms with E-state index in [1.54, 1.807) is 12.1 Å². The number of likely N-dealkylation sites (N-methyl/N-ethyl adjacent to an activating group) is 1. The summed E-state index contributed by atoms with van der Waals surface area (Å²) in [6.45, 7) is 5.83. The minimum Gasteiger partial charge on any atom is -0.399 e. The molecule has 6 nitrogen and oxygen atoms in total. The molecule has 2 N–H and O–H groups in total. The predicted octanol–water partition coefficient (Wildman–Crippen LogP) is 1.71. The van der Waals surface area contributed by atoms with Crippen LogP contribution < -0.4 is 10.6 Å². The highest BCUT2D eigenvalue weighted by Crippen LogP contribution is 2.32. The van der Waals surface area contributed by atoms with Crippen molar-refractivity contribution in [1.82, 2.24) is 4.90 Å². The molecule has 104 valence electrons. The average molecular weight is 264 g/mol. The molecule has 0 bridgehead atoms. The molecule has 2 atom stereocenters. The van der Waals surface area contributed by atoms with Crippen LogP contribution in [0.15, 0.2) is 18.2 Å². The van der Waals surface area contributed by atoms with Crippen LogP contribution in [0.2, 0.25) is 0 Å². The van der Waals surface area contributed by atoms with Crippen LogP contribution in [0.3, 0.4) is 0 Å². The van der Waals surface area contributed by atoms with Gasteiger partial charge in [-0.1, -0.05) is 0 Å². The van der Waals surface area contributed by atoms with Gasteiger partial charge < -0.3 is 10.6 Å². The number of hydrogen-bond donors (Lipinski definition) is 1. The largest absolute Gasteiger partial charge is 0.399 e. The molecular formula is C13H20N4O2. The molecule has 1 fully saturated rings. The van der Waals surface area contributed by atoms with Gasteiger partial charge in [-0.05, 0) is 33.0 Å². The Morgan fingerprint density at radius 1 is 1.32 bits per heavy atom. The SMILES string of the molecule is C[C@@H]1CN(c2ccc(N)cc2[N+](=O)[O-])C[C@H](C)N1C. The maximum absolute atomic E-state index is 11.2. The monoisotopic (exact) mass is 264 g/mol. The van der Waals surface area contributed by atoms with Gasteiger partial charge in [0.05, 0.1) is 4.92 Å². The van der Waals surface area contributed by atoms with E-state index >= 15 is 0 Å². The second-order valence-electron chi connectivity index (χ2n) is 5.27. The first-order valence-corrected chi connectivity index (χ1v) is 6.41. The molecule has 0 amide bonds. The van der Waals surface area contributed by atoms with Gasteiger partial charge in [0.2, 0.25) is 0 Å². The van der Waals surface area contributed by atoms with Gasteiger partial charge in [-0.15, -0.1) is 0 Å². The van der Waals surface area contributed by atoms with Gasteiger partial charge in [-0.25, -0.2) is 0 Å². The van der Waals surface area contributed by atoms with Crippen molar-refractivity contribution in [2.75, 3.05) is 30.8 Å². The Morgan fingerprint density at radius 2 is 1.89 bits per heavy atom. The van der Waals surface area contributed by atoms with Gasteiger partial charge >= 0.3 is 0 Å². The van der Waals surface area contributed by atoms with Gasteiger partial charge in [0.25, 0.3) is 5.69 Å². The number of hydrogen-bond acceptors (Lipinski definition) is 5. The first kappa shape index (κ1) is 13.6. The lowest BCUT2D eigenvalue weighted by atomic mass is 10.1. The minimum absolute atomic E-state index is 0.0870. The molecule has 0 radical (unpaired) electrons. The third-order valence-corrected chi connectivity index (χ3v) is 3.90. The lowest BCUT2D eigenvalue weighted by Crippen LogP contribution is -2.55. The quantitative estimate of drug-likeness (QED) is 0.500. The highest BCUT2D eigenvalue weighted by Gasteiger charge is 2.30. The van der Waals surface area contributed by atoms with Crippen LogP contribution in [0, 0.1) is 10.1 Å². The lowest BCUT2D eigenvalue weighted by Gasteiger charge is -2.43. The summed E-state index contributed by atoms with van der Waals surface area (Å²) in [5.74, 6) is 0. The number of benzene rings is 1. The van der Waals surface area contributed by atoms with Crippen molar-refractivity contribution in [3.8, 4) is 0 Å². The summed E-state index contributed by atoms with van der Waals surface area (Å²) in [6.07, 6.45) is 0. The van der Waals surface area contributed by atoms with Crippen molar-refractivity contribution in [3.63, 3.8) is 0 Å². The van der Waals surface area contributed by atoms with Crippen molar-refractivity contribution in [2.45, 2.75) is 25.9 Å². The topological polar surface area (TPSA) is 75.6 Å². The summed E-state index contributed by atoms with van der Waals surface area (Å²) in [5.41, 5.74) is 6.81. The zero-order chi connectivity index (χ0) is 14.2. The summed E-state index contributed by atoms with van der Waals surface area (Å²) >= 11 is 0. The van der Waals surface area contributed by atoms with Crippen molar-refractivity contribution in [2.24, 2.45) is 0 Å². The third-order valence-electron chi connectivity index (χ3n) is 3.90. The fraction of sp³-hybridized carbons (Fsp3) is 0.538. The Bertz CT molecular complexity index is 480. The predicted molar refractivity (Wildman–Crippen MR) is 76.4 cm³/mol. The van der Waals surface area contributed by atoms with E-state index in [9.17, 15) is 10.1 Å². The Hall–Kier alpha value is -1.82. The zero-order valence-corrected chi connectivity index (χ0v) is 11.5. The molecule has 0 spiro atoms. The molecule has 1 heterocycles. The summed E-state index contributed by atoms with van der Waals surface area (Å²) in [5, 5.41) is 11.2. The number of piperazine rings is 1. The second-order valence-corrected chi connectivity index (χ2v) is 5.27. The molecule has 0 saturated carbocycles. The van der Waals surface area contributed by atoms with Crippen molar-refractivity contribution in [1.29, 1.82) is 0 Å². The molecule has 0 aliphatic carbocycles. The normalized spacial score (nSPS) is 24.5. The summed E-state index contributed by atoms with van der Waals surface area (Å²) < 4.78 is 0. The smallest absolute Gasteiger partial charge is 0.294 e. The van der Waals surface area contributed by atoms with E-state index < -0.39 is 0 Å². The molecule has 6 heteroatoms. The molecule has 1 saturated heterocycles. The van der Waals surface area contributed by atoms with Crippen molar-refractivity contribution < 1.29 is 4.92 Å². The van der Waals surface area contributed by atoms with Crippen LogP contribution >= 0.6 is 0 Å². The van der Waals surface area contributed by atoms with Gasteiger partial charge in [0.15, 0.2) is 0 Å². The van der Waals surface area contributed by atoms with Gasteiger partial charge in [0, 0.05) is 36.9 Å². The van der Waals surface area contributed by atoms with E-state index in [0.717, 1.165) is 13.1 Å². The fourth-order valence-corrected chi connectivity index (χ4v) is 2.56. The number of nitrogens with two attached hydrogens (primary N) is 1. The molecule has 1 aromatic carbocycles. The van der Waals surface area contributed by atoms with Gasteiger partial charge in [-0.2, -0.15) is 0 Å². The van der Waals surface area contributed by atoms with Gasteiger partial charge in [0.1, 0.15) is 5.69 Å². The Kier molecular flexibility index (Phi) is 3.61. The van der Waals surface area contributed by atoms with Gasteiger partial charge in [-0.3, -0.25) is 15.0 Å². The van der Waals surface area contributed by atoms with Crippen LogP contribution in [-0.4, -0.2) is 42.0 Å². The molecule has 19 heavy (non-hydrogen) atoms. The Labute approximate surface area is 112 Å². The number of nitro groups is 1. The van der Waals surface area contributed by atoms with Crippen LogP contribution in [-0.2, 0) is 0 Å². The van der Waals surface area contributed by atoms with E-state index in [1.165, 1.54) is 6.07 Å². The van der Waals surface area contributed by atoms with Crippen molar-refractivity contribution in [3.05, 3.63) is 28.3 Å². The molecule has 1 aliphatic heterocycles. The molecule has 0 unspecified atom stereocenters. The fourth-order valence-electron chi connectivity index (χ4n) is 2.56. The van der Waals surface area contributed by atoms with E-state index in [1.807, 2.05) is 0 Å². The molecule has 2 rings (SSSR count). The number of anilines is 2. The Morgan fingerprint density at radius 3 is 2.42 bits per heavy atom. The summed E-state index contributed by atoms with van der Waals surface area (Å²) in [7, 11) is 2.09. The minimum atomic E-state index is -0.362. The lowest BCUT2D eigenvalue weighted by molar-refractivity contribution is -0.384. The van der Waals surface area contributed by atoms with E-state index in [4.69, 9.17) is 5.73 Å². The van der Waals surface area contributed by atoms with Crippen molar-refractivity contribution >= 4 is 17.1 Å². The maximum Gasteiger partial charge on any atom is 0.294 e. The Balaban J connectivity index is 2.34. The van der Waals surface area contributed by atoms with Crippen LogP contribution in [0.1, 0.15) is 13.8 Å². The molecular weight excluding hydrogens is 244 g/mol. The molecule has 0 aromatic heterocycles. The third kappa shape index (κ3) is 2.63. The standard InChI is InChI=1S/C13H20N4O2/c1-9-7-16(8-10(2)15(9)3)12-5-4-11(14)6-13(12)17(18)19/h4-6,9-10H,7-8,14H2,1-3H3/t9-,10+. The van der Waals surface area contributed by atoms with E-state index in [-0.39, 0.29) is 10.6 Å². The molecule has 1 aliphatic rings. The number of nitrogen functional groups attached to an aromatic ring is 1. The number of nitro benzene ring substituents is 1. The highest BCUT2D eigenvalue weighted by atomic mass is 16.6.